The number of rotatable bonds is 5. The van der Waals surface area contributed by atoms with Crippen LogP contribution in [0.3, 0.4) is 0 Å². The Labute approximate surface area is 168 Å². The number of likely N-dealkylation sites (tertiary alicyclic amines) is 1. The molecule has 1 aliphatic rings. The summed E-state index contributed by atoms with van der Waals surface area (Å²) in [6.07, 6.45) is 4.25. The van der Waals surface area contributed by atoms with Gasteiger partial charge >= 0.3 is 0 Å². The molecule has 1 saturated heterocycles. The molecule has 0 radical (unpaired) electrons. The minimum absolute atomic E-state index is 0.0877. The highest BCUT2D eigenvalue weighted by Gasteiger charge is 2.24. The zero-order chi connectivity index (χ0) is 20.4. The van der Waals surface area contributed by atoms with Gasteiger partial charge in [-0.3, -0.25) is 4.79 Å². The van der Waals surface area contributed by atoms with Gasteiger partial charge in [0.05, 0.1) is 26.5 Å². The Morgan fingerprint density at radius 2 is 1.93 bits per heavy atom. The van der Waals surface area contributed by atoms with Crippen LogP contribution in [0, 0.1) is 0 Å². The molecule has 4 rings (SSSR count). The third-order valence-electron chi connectivity index (χ3n) is 5.19. The largest absolute Gasteiger partial charge is 0.493 e. The highest BCUT2D eigenvalue weighted by Crippen LogP contribution is 2.37. The Kier molecular flexibility index (Phi) is 5.26. The van der Waals surface area contributed by atoms with Gasteiger partial charge in [-0.25, -0.2) is 0 Å². The molecule has 3 aromatic rings. The van der Waals surface area contributed by atoms with Gasteiger partial charge in [-0.05, 0) is 36.6 Å². The number of aromatic nitrogens is 2. The van der Waals surface area contributed by atoms with Crippen LogP contribution in [0.1, 0.15) is 23.3 Å². The Morgan fingerprint density at radius 1 is 1.17 bits per heavy atom. The first-order chi connectivity index (χ1) is 14.1. The number of benzene rings is 1. The fraction of sp³-hybridized carbons (Fsp3) is 0.333. The van der Waals surface area contributed by atoms with E-state index in [0.717, 1.165) is 16.7 Å². The van der Waals surface area contributed by atoms with Crippen molar-refractivity contribution in [3.63, 3.8) is 0 Å². The van der Waals surface area contributed by atoms with Gasteiger partial charge < -0.3 is 29.0 Å². The van der Waals surface area contributed by atoms with E-state index < -0.39 is 0 Å². The molecule has 2 aromatic heterocycles. The molecule has 8 nitrogen and oxygen atoms in total. The maximum atomic E-state index is 12.7. The number of aromatic amines is 1. The predicted octanol–water partition coefficient (Wildman–Crippen LogP) is 2.95. The third kappa shape index (κ3) is 3.71. The maximum Gasteiger partial charge on any atom is 0.270 e. The molecule has 0 unspecified atom stereocenters. The van der Waals surface area contributed by atoms with Gasteiger partial charge in [0.2, 0.25) is 0 Å². The number of ether oxygens (including phenoxy) is 2. The molecular weight excluding hydrogens is 374 g/mol. The van der Waals surface area contributed by atoms with E-state index in [1.165, 1.54) is 0 Å². The highest BCUT2D eigenvalue weighted by molar-refractivity contribution is 5.94. The lowest BCUT2D eigenvalue weighted by Gasteiger charge is -2.29. The zero-order valence-corrected chi connectivity index (χ0v) is 16.3. The molecule has 29 heavy (non-hydrogen) atoms. The first kappa shape index (κ1) is 19.1. The summed E-state index contributed by atoms with van der Waals surface area (Å²) in [6.45, 7) is 1.10. The highest BCUT2D eigenvalue weighted by atomic mass is 16.5. The van der Waals surface area contributed by atoms with E-state index in [1.54, 1.807) is 37.6 Å². The Bertz CT molecular complexity index is 1000. The van der Waals surface area contributed by atoms with E-state index in [-0.39, 0.29) is 12.0 Å². The fourth-order valence-corrected chi connectivity index (χ4v) is 3.55. The lowest BCUT2D eigenvalue weighted by molar-refractivity contribution is 0.0542. The minimum atomic E-state index is -0.323. The molecule has 1 amide bonds. The van der Waals surface area contributed by atoms with E-state index in [1.807, 2.05) is 18.2 Å². The lowest BCUT2D eigenvalue weighted by Crippen LogP contribution is -2.40. The quantitative estimate of drug-likeness (QED) is 0.687. The van der Waals surface area contributed by atoms with Crippen molar-refractivity contribution in [2.75, 3.05) is 27.3 Å². The van der Waals surface area contributed by atoms with Crippen molar-refractivity contribution in [2.24, 2.45) is 0 Å². The molecule has 0 spiro atoms. The number of carbonyl (C=O) groups excluding carboxylic acids is 1. The van der Waals surface area contributed by atoms with Gasteiger partial charge in [0.25, 0.3) is 5.91 Å². The molecule has 1 aliphatic heterocycles. The second-order valence-corrected chi connectivity index (χ2v) is 6.96. The number of piperidine rings is 1. The number of H-pyrrole nitrogens is 1. The smallest absolute Gasteiger partial charge is 0.270 e. The van der Waals surface area contributed by atoms with Crippen LogP contribution in [-0.4, -0.2) is 59.5 Å². The normalized spacial score (nSPS) is 14.8. The molecule has 8 heteroatoms. The van der Waals surface area contributed by atoms with E-state index in [0.29, 0.717) is 48.9 Å². The average molecular weight is 397 g/mol. The second kappa shape index (κ2) is 8.00. The summed E-state index contributed by atoms with van der Waals surface area (Å²) in [5.41, 5.74) is 2.85. The summed E-state index contributed by atoms with van der Waals surface area (Å²) in [7, 11) is 3.17. The number of hydrogen-bond acceptors (Lipinski definition) is 6. The number of amides is 1. The summed E-state index contributed by atoms with van der Waals surface area (Å²) in [5, 5.41) is 13.6. The summed E-state index contributed by atoms with van der Waals surface area (Å²) in [5.74, 6) is 1.71. The monoisotopic (exact) mass is 397 g/mol. The van der Waals surface area contributed by atoms with Gasteiger partial charge in [-0.15, -0.1) is 0 Å². The van der Waals surface area contributed by atoms with Gasteiger partial charge in [0.15, 0.2) is 17.3 Å². The number of carbonyl (C=O) groups is 1. The number of methoxy groups -OCH3 is 2. The van der Waals surface area contributed by atoms with E-state index >= 15 is 0 Å². The molecule has 1 fully saturated rings. The summed E-state index contributed by atoms with van der Waals surface area (Å²) >= 11 is 0. The SMILES string of the molecule is COc1ccc(-c2cnoc2-c2c[nH]c(C(=O)N3CCC(O)CC3)c2)cc1OC. The first-order valence-electron chi connectivity index (χ1n) is 9.44. The third-order valence-corrected chi connectivity index (χ3v) is 5.19. The van der Waals surface area contributed by atoms with Crippen LogP contribution in [0.2, 0.25) is 0 Å². The fourth-order valence-electron chi connectivity index (χ4n) is 3.55. The maximum absolute atomic E-state index is 12.7. The van der Waals surface area contributed by atoms with Gasteiger partial charge in [-0.1, -0.05) is 11.2 Å². The van der Waals surface area contributed by atoms with Crippen molar-refractivity contribution in [3.8, 4) is 33.9 Å². The molecule has 0 bridgehead atoms. The van der Waals surface area contributed by atoms with Crippen molar-refractivity contribution >= 4 is 5.91 Å². The first-order valence-corrected chi connectivity index (χ1v) is 9.44. The predicted molar refractivity (Wildman–Crippen MR) is 106 cm³/mol. The molecule has 1 aromatic carbocycles. The molecule has 152 valence electrons. The summed E-state index contributed by atoms with van der Waals surface area (Å²) in [4.78, 5) is 17.5. The minimum Gasteiger partial charge on any atom is -0.493 e. The van der Waals surface area contributed by atoms with E-state index in [4.69, 9.17) is 14.0 Å². The summed E-state index contributed by atoms with van der Waals surface area (Å²) in [6, 6.07) is 7.34. The molecule has 0 aliphatic carbocycles. The molecular formula is C21H23N3O5. The lowest BCUT2D eigenvalue weighted by atomic mass is 10.0. The van der Waals surface area contributed by atoms with Crippen LogP contribution < -0.4 is 9.47 Å². The van der Waals surface area contributed by atoms with Gasteiger partial charge in [-0.2, -0.15) is 0 Å². The molecule has 2 N–H and O–H groups in total. The van der Waals surface area contributed by atoms with Crippen molar-refractivity contribution in [1.29, 1.82) is 0 Å². The van der Waals surface area contributed by atoms with E-state index in [9.17, 15) is 9.90 Å². The van der Waals surface area contributed by atoms with Gasteiger partial charge in [0.1, 0.15) is 5.69 Å². The molecule has 0 saturated carbocycles. The topological polar surface area (TPSA) is 101 Å². The Balaban J connectivity index is 1.60. The number of hydrogen-bond donors (Lipinski definition) is 2. The van der Waals surface area contributed by atoms with Crippen molar-refractivity contribution < 1.29 is 23.9 Å². The Morgan fingerprint density at radius 3 is 2.66 bits per heavy atom. The van der Waals surface area contributed by atoms with Crippen LogP contribution in [0.25, 0.3) is 22.5 Å². The Hall–Kier alpha value is -3.26. The van der Waals surface area contributed by atoms with Crippen molar-refractivity contribution in [1.82, 2.24) is 15.0 Å². The average Bonchev–Trinajstić information content (AvgIpc) is 3.42. The van der Waals surface area contributed by atoms with Crippen LogP contribution in [-0.2, 0) is 0 Å². The number of nitrogens with zero attached hydrogens (tertiary/aromatic N) is 2. The zero-order valence-electron chi connectivity index (χ0n) is 16.3. The van der Waals surface area contributed by atoms with Crippen LogP contribution in [0.5, 0.6) is 11.5 Å². The van der Waals surface area contributed by atoms with Crippen molar-refractivity contribution in [2.45, 2.75) is 18.9 Å². The van der Waals surface area contributed by atoms with Crippen molar-refractivity contribution in [3.05, 3.63) is 42.4 Å². The van der Waals surface area contributed by atoms with E-state index in [2.05, 4.69) is 10.1 Å². The molecule has 0 atom stereocenters. The van der Waals surface area contributed by atoms with Crippen LogP contribution in [0.15, 0.2) is 41.2 Å². The number of aliphatic hydroxyl groups is 1. The number of nitrogens with one attached hydrogen (secondary N) is 1. The van der Waals surface area contributed by atoms with Gasteiger partial charge in [0, 0.05) is 30.4 Å². The van der Waals surface area contributed by atoms with Crippen LogP contribution in [0.4, 0.5) is 0 Å². The molecule has 3 heterocycles. The van der Waals surface area contributed by atoms with Crippen LogP contribution >= 0.6 is 0 Å². The second-order valence-electron chi connectivity index (χ2n) is 6.96. The number of aliphatic hydroxyl groups excluding tert-OH is 1. The summed E-state index contributed by atoms with van der Waals surface area (Å²) < 4.78 is 16.2. The standard InChI is InChI=1S/C21H23N3O5/c1-27-18-4-3-13(10-19(18)28-2)16-12-23-29-20(16)14-9-17(22-11-14)21(26)24-7-5-15(25)6-8-24/h3-4,9-12,15,22,25H,5-8H2,1-2H3.